The summed E-state index contributed by atoms with van der Waals surface area (Å²) < 4.78 is 56.1. The number of amides is 1. The number of alkyl halides is 4. The van der Waals surface area contributed by atoms with E-state index >= 15 is 0 Å². The van der Waals surface area contributed by atoms with Gasteiger partial charge in [-0.3, -0.25) is 14.4 Å². The maximum absolute atomic E-state index is 14.0. The summed E-state index contributed by atoms with van der Waals surface area (Å²) in [6, 6.07) is 8.86. The molecule has 46 heavy (non-hydrogen) atoms. The minimum atomic E-state index is -4.56. The number of hydrogen-bond donors (Lipinski definition) is 2. The third-order valence-electron chi connectivity index (χ3n) is 7.66. The van der Waals surface area contributed by atoms with Gasteiger partial charge in [-0.1, -0.05) is 24.0 Å². The molecular weight excluding hydrogens is 600 g/mol. The maximum Gasteiger partial charge on any atom is 0.416 e. The van der Waals surface area contributed by atoms with E-state index in [9.17, 15) is 22.4 Å². The second-order valence-corrected chi connectivity index (χ2v) is 11.2. The molecule has 0 saturated carbocycles. The van der Waals surface area contributed by atoms with Crippen LogP contribution in [0.25, 0.3) is 0 Å². The van der Waals surface area contributed by atoms with Crippen molar-refractivity contribution >= 4 is 23.2 Å². The van der Waals surface area contributed by atoms with Gasteiger partial charge in [0, 0.05) is 68.1 Å². The van der Waals surface area contributed by atoms with E-state index in [-0.39, 0.29) is 29.9 Å². The molecule has 2 aromatic carbocycles. The van der Waals surface area contributed by atoms with Gasteiger partial charge in [0.2, 0.25) is 5.95 Å². The summed E-state index contributed by atoms with van der Waals surface area (Å²) in [6.07, 6.45) is 0.200. The van der Waals surface area contributed by atoms with Crippen LogP contribution in [0.4, 0.5) is 34.9 Å². The number of halogens is 4. The Labute approximate surface area is 264 Å². The Hall–Kier alpha value is -4.80. The third-order valence-corrected chi connectivity index (χ3v) is 7.66. The van der Waals surface area contributed by atoms with E-state index < -0.39 is 24.3 Å². The Kier molecular flexibility index (Phi) is 9.99. The predicted molar refractivity (Wildman–Crippen MR) is 168 cm³/mol. The highest BCUT2D eigenvalue weighted by atomic mass is 19.4. The summed E-state index contributed by atoms with van der Waals surface area (Å²) in [4.78, 5) is 25.8. The topological polar surface area (TPSA) is 91.2 Å². The van der Waals surface area contributed by atoms with E-state index in [1.807, 2.05) is 18.9 Å². The summed E-state index contributed by atoms with van der Waals surface area (Å²) in [5.41, 5.74) is 2.99. The zero-order chi connectivity index (χ0) is 32.8. The Morgan fingerprint density at radius 2 is 1.74 bits per heavy atom. The molecule has 2 aromatic heterocycles. The number of carbonyl (C=O) groups excluding carboxylic acids is 1. The molecule has 5 rings (SSSR count). The van der Waals surface area contributed by atoms with Crippen molar-refractivity contribution in [2.45, 2.75) is 33.1 Å². The molecule has 0 radical (unpaired) electrons. The molecule has 0 aliphatic carbocycles. The van der Waals surface area contributed by atoms with Crippen LogP contribution in [-0.4, -0.2) is 75.4 Å². The Bertz CT molecular complexity index is 1750. The van der Waals surface area contributed by atoms with Crippen molar-refractivity contribution in [1.82, 2.24) is 29.5 Å². The summed E-state index contributed by atoms with van der Waals surface area (Å²) in [5, 5.41) is 9.88. The lowest BCUT2D eigenvalue weighted by Gasteiger charge is -2.33. The predicted octanol–water partition coefficient (Wildman–Crippen LogP) is 5.42. The van der Waals surface area contributed by atoms with Crippen LogP contribution in [0.3, 0.4) is 0 Å². The van der Waals surface area contributed by atoms with Gasteiger partial charge < -0.3 is 15.5 Å². The average Bonchev–Trinajstić information content (AvgIpc) is 3.36. The van der Waals surface area contributed by atoms with Gasteiger partial charge in [0.25, 0.3) is 5.91 Å². The zero-order valence-electron chi connectivity index (χ0n) is 25.7. The molecule has 1 amide bonds. The van der Waals surface area contributed by atoms with Crippen LogP contribution < -0.4 is 10.6 Å². The largest absolute Gasteiger partial charge is 0.416 e. The first kappa shape index (κ1) is 32.6. The molecule has 0 atom stereocenters. The lowest BCUT2D eigenvalue weighted by Crippen LogP contribution is -2.44. The van der Waals surface area contributed by atoms with Gasteiger partial charge >= 0.3 is 6.18 Å². The fourth-order valence-corrected chi connectivity index (χ4v) is 4.96. The molecule has 3 heterocycles. The number of aryl methyl sites for hydroxylation is 3. The quantitative estimate of drug-likeness (QED) is 0.198. The highest BCUT2D eigenvalue weighted by Gasteiger charge is 2.34. The van der Waals surface area contributed by atoms with Crippen molar-refractivity contribution in [3.05, 3.63) is 94.1 Å². The molecule has 13 heteroatoms. The molecule has 1 aliphatic heterocycles. The van der Waals surface area contributed by atoms with Gasteiger partial charge in [-0.15, -0.1) is 0 Å². The Morgan fingerprint density at radius 3 is 2.43 bits per heavy atom. The maximum atomic E-state index is 14.0. The van der Waals surface area contributed by atoms with Crippen molar-refractivity contribution in [1.29, 1.82) is 0 Å². The lowest BCUT2D eigenvalue weighted by atomic mass is 10.0. The third kappa shape index (κ3) is 8.26. The monoisotopic (exact) mass is 634 g/mol. The molecule has 9 nitrogen and oxygen atoms in total. The van der Waals surface area contributed by atoms with E-state index in [0.29, 0.717) is 41.5 Å². The molecule has 2 N–H and O–H groups in total. The van der Waals surface area contributed by atoms with Gasteiger partial charge in [0.15, 0.2) is 0 Å². The number of likely N-dealkylation sites (N-methyl/N-ethyl adjacent to an activating group) is 1. The van der Waals surface area contributed by atoms with Crippen LogP contribution in [0.2, 0.25) is 0 Å². The van der Waals surface area contributed by atoms with Crippen molar-refractivity contribution in [3.8, 4) is 11.8 Å². The van der Waals surface area contributed by atoms with Crippen LogP contribution in [0, 0.1) is 25.7 Å². The van der Waals surface area contributed by atoms with Crippen molar-refractivity contribution in [2.75, 3.05) is 50.5 Å². The fraction of sp³-hybridized carbons (Fsp3) is 0.333. The number of nitrogens with one attached hydrogen (secondary N) is 2. The van der Waals surface area contributed by atoms with E-state index in [2.05, 4.69) is 42.4 Å². The fourth-order valence-electron chi connectivity index (χ4n) is 4.96. The van der Waals surface area contributed by atoms with Crippen LogP contribution in [-0.2, 0) is 19.3 Å². The minimum Gasteiger partial charge on any atom is -0.322 e. The van der Waals surface area contributed by atoms with Crippen LogP contribution in [0.5, 0.6) is 0 Å². The van der Waals surface area contributed by atoms with Gasteiger partial charge in [-0.05, 0) is 56.3 Å². The molecule has 1 saturated heterocycles. The number of nitrogens with zero attached hydrogens (tertiary/aromatic N) is 6. The summed E-state index contributed by atoms with van der Waals surface area (Å²) >= 11 is 0. The van der Waals surface area contributed by atoms with Crippen LogP contribution >= 0.6 is 0 Å². The van der Waals surface area contributed by atoms with E-state index in [1.54, 1.807) is 43.7 Å². The molecule has 1 fully saturated rings. The van der Waals surface area contributed by atoms with Gasteiger partial charge in [-0.2, -0.15) is 18.3 Å². The average molecular weight is 635 g/mol. The van der Waals surface area contributed by atoms with Gasteiger partial charge in [0.05, 0.1) is 29.1 Å². The second kappa shape index (κ2) is 14.1. The number of hydrogen-bond acceptors (Lipinski definition) is 7. The standard InChI is InChI=1S/C33H34F4N8O/c1-22-4-6-26(16-25(22)7-5-24-18-38-32(39-19-24)41-30-21-45(11-10-34)42-23(30)2)31(46)40-28-9-8-27(29(17-28)33(35,36)37)20-44-14-12-43(3)13-15-44/h4,6,8-9,16-19,21H,10-15,20H2,1-3H3,(H,40,46)(H,38,39,41). The smallest absolute Gasteiger partial charge is 0.322 e. The van der Waals surface area contributed by atoms with Gasteiger partial charge in [0.1, 0.15) is 6.67 Å². The molecule has 4 aromatic rings. The molecular formula is C33H34F4N8O. The number of anilines is 3. The minimum absolute atomic E-state index is 0.0588. The number of benzene rings is 2. The zero-order valence-corrected chi connectivity index (χ0v) is 25.7. The highest BCUT2D eigenvalue weighted by molar-refractivity contribution is 6.04. The number of piperazine rings is 1. The number of carbonyl (C=O) groups is 1. The number of aromatic nitrogens is 4. The van der Waals surface area contributed by atoms with Gasteiger partial charge in [-0.25, -0.2) is 14.4 Å². The summed E-state index contributed by atoms with van der Waals surface area (Å²) in [5.74, 6) is 5.78. The van der Waals surface area contributed by atoms with Crippen molar-refractivity contribution in [3.63, 3.8) is 0 Å². The van der Waals surface area contributed by atoms with E-state index in [1.165, 1.54) is 16.8 Å². The first-order valence-corrected chi connectivity index (χ1v) is 14.7. The molecule has 1 aliphatic rings. The SMILES string of the molecule is Cc1ccc(C(=O)Nc2ccc(CN3CCN(C)CC3)c(C(F)(F)F)c2)cc1C#Cc1cnc(Nc2cn(CCF)nc2C)nc1. The Morgan fingerprint density at radius 1 is 1.00 bits per heavy atom. The first-order valence-electron chi connectivity index (χ1n) is 14.7. The second-order valence-electron chi connectivity index (χ2n) is 11.2. The summed E-state index contributed by atoms with van der Waals surface area (Å²) in [7, 11) is 1.99. The molecule has 0 bridgehead atoms. The molecule has 240 valence electrons. The van der Waals surface area contributed by atoms with E-state index in [0.717, 1.165) is 24.7 Å². The van der Waals surface area contributed by atoms with E-state index in [4.69, 9.17) is 0 Å². The van der Waals surface area contributed by atoms with Crippen LogP contribution in [0.1, 0.15) is 43.9 Å². The van der Waals surface area contributed by atoms with Crippen LogP contribution in [0.15, 0.2) is 55.0 Å². The Balaban J connectivity index is 1.27. The normalized spacial score (nSPS) is 14.1. The molecule has 0 unspecified atom stereocenters. The summed E-state index contributed by atoms with van der Waals surface area (Å²) in [6.45, 7) is 6.44. The van der Waals surface area contributed by atoms with Crippen molar-refractivity contribution in [2.24, 2.45) is 0 Å². The first-order chi connectivity index (χ1) is 22.0. The highest BCUT2D eigenvalue weighted by Crippen LogP contribution is 2.35. The number of rotatable bonds is 8. The van der Waals surface area contributed by atoms with Crippen molar-refractivity contribution < 1.29 is 22.4 Å². The molecule has 0 spiro atoms. The lowest BCUT2D eigenvalue weighted by molar-refractivity contribution is -0.138.